The van der Waals surface area contributed by atoms with Crippen molar-refractivity contribution in [3.05, 3.63) is 82.9 Å². The van der Waals surface area contributed by atoms with Crippen LogP contribution in [0.2, 0.25) is 0 Å². The fourth-order valence-corrected chi connectivity index (χ4v) is 4.25. The Morgan fingerprint density at radius 2 is 1.00 bits per heavy atom. The normalized spacial score (nSPS) is 15.4. The Bertz CT molecular complexity index is 1190. The molecule has 8 heteroatoms. The Hall–Kier alpha value is -4.20. The minimum atomic E-state index is -0.338. The van der Waals surface area contributed by atoms with Crippen LogP contribution in [0.15, 0.2) is 60.7 Å². The van der Waals surface area contributed by atoms with Crippen LogP contribution in [0.4, 0.5) is 0 Å². The Morgan fingerprint density at radius 1 is 0.611 bits per heavy atom. The number of carbonyl (C=O) groups excluding carboxylic acids is 2. The van der Waals surface area contributed by atoms with Crippen LogP contribution >= 0.6 is 0 Å². The van der Waals surface area contributed by atoms with Crippen molar-refractivity contribution in [1.29, 1.82) is 0 Å². The van der Waals surface area contributed by atoms with Gasteiger partial charge in [0.05, 0.1) is 23.2 Å². The van der Waals surface area contributed by atoms with Crippen molar-refractivity contribution in [3.63, 3.8) is 0 Å². The molecule has 3 aromatic rings. The van der Waals surface area contributed by atoms with Gasteiger partial charge in [-0.2, -0.15) is 0 Å². The standard InChI is InChI=1S/C28H28N2O6/c1-17(19-7-9-23-25(15-19)35-13-11-33-23)29-27(31)21-5-3-4-6-22(21)28(32)30-18(2)20-8-10-24-26(16-20)36-14-12-34-24/h3-10,15-18H,11-14H2,1-2H3,(H,29,31)(H,30,32)/t17-,18-/m0/s1. The van der Waals surface area contributed by atoms with E-state index in [0.29, 0.717) is 60.6 Å². The van der Waals surface area contributed by atoms with Gasteiger partial charge in [0.15, 0.2) is 23.0 Å². The Balaban J connectivity index is 1.28. The highest BCUT2D eigenvalue weighted by atomic mass is 16.6. The molecule has 2 aliphatic rings. The van der Waals surface area contributed by atoms with E-state index in [-0.39, 0.29) is 23.9 Å². The summed E-state index contributed by atoms with van der Waals surface area (Å²) in [6.07, 6.45) is 0. The van der Waals surface area contributed by atoms with Gasteiger partial charge in [-0.05, 0) is 61.4 Å². The quantitative estimate of drug-likeness (QED) is 0.540. The highest BCUT2D eigenvalue weighted by Crippen LogP contribution is 2.34. The molecular weight excluding hydrogens is 460 g/mol. The van der Waals surface area contributed by atoms with Crippen LogP contribution in [0.5, 0.6) is 23.0 Å². The van der Waals surface area contributed by atoms with E-state index in [4.69, 9.17) is 18.9 Å². The van der Waals surface area contributed by atoms with Crippen molar-refractivity contribution in [2.24, 2.45) is 0 Å². The lowest BCUT2D eigenvalue weighted by Crippen LogP contribution is -2.32. The van der Waals surface area contributed by atoms with E-state index in [2.05, 4.69) is 10.6 Å². The number of ether oxygens (including phenoxy) is 4. The van der Waals surface area contributed by atoms with Crippen LogP contribution < -0.4 is 29.6 Å². The predicted molar refractivity (Wildman–Crippen MR) is 133 cm³/mol. The summed E-state index contributed by atoms with van der Waals surface area (Å²) in [6.45, 7) is 5.79. The van der Waals surface area contributed by atoms with Crippen LogP contribution in [0.3, 0.4) is 0 Å². The van der Waals surface area contributed by atoms with E-state index < -0.39 is 0 Å². The Labute approximate surface area is 209 Å². The third-order valence-corrected chi connectivity index (χ3v) is 6.24. The second kappa shape index (κ2) is 10.2. The molecule has 0 saturated heterocycles. The summed E-state index contributed by atoms with van der Waals surface area (Å²) in [5.41, 5.74) is 2.35. The molecule has 36 heavy (non-hydrogen) atoms. The lowest BCUT2D eigenvalue weighted by atomic mass is 10.0. The molecule has 2 aliphatic heterocycles. The van der Waals surface area contributed by atoms with Gasteiger partial charge in [0.2, 0.25) is 0 Å². The number of hydrogen-bond donors (Lipinski definition) is 2. The van der Waals surface area contributed by atoms with Gasteiger partial charge in [0.1, 0.15) is 26.4 Å². The van der Waals surface area contributed by atoms with E-state index >= 15 is 0 Å². The van der Waals surface area contributed by atoms with Crippen molar-refractivity contribution in [2.45, 2.75) is 25.9 Å². The summed E-state index contributed by atoms with van der Waals surface area (Å²) >= 11 is 0. The molecule has 2 amide bonds. The van der Waals surface area contributed by atoms with E-state index in [9.17, 15) is 9.59 Å². The lowest BCUT2D eigenvalue weighted by Gasteiger charge is -2.22. The first-order valence-corrected chi connectivity index (χ1v) is 12.0. The van der Waals surface area contributed by atoms with Crippen LogP contribution in [-0.4, -0.2) is 38.2 Å². The number of benzene rings is 3. The molecule has 5 rings (SSSR count). The zero-order valence-electron chi connectivity index (χ0n) is 20.2. The Kier molecular flexibility index (Phi) is 6.66. The van der Waals surface area contributed by atoms with Crippen molar-refractivity contribution >= 4 is 11.8 Å². The summed E-state index contributed by atoms with van der Waals surface area (Å²) in [5.74, 6) is 2.03. The molecule has 2 heterocycles. The molecule has 0 bridgehead atoms. The van der Waals surface area contributed by atoms with Crippen LogP contribution in [0.25, 0.3) is 0 Å². The minimum absolute atomic E-state index is 0.300. The number of carbonyl (C=O) groups is 2. The van der Waals surface area contributed by atoms with Gasteiger partial charge in [-0.25, -0.2) is 0 Å². The molecule has 0 fully saturated rings. The molecule has 0 radical (unpaired) electrons. The van der Waals surface area contributed by atoms with Crippen LogP contribution in [-0.2, 0) is 0 Å². The van der Waals surface area contributed by atoms with Gasteiger partial charge in [-0.3, -0.25) is 9.59 Å². The van der Waals surface area contributed by atoms with Crippen molar-refractivity contribution in [3.8, 4) is 23.0 Å². The maximum atomic E-state index is 13.2. The summed E-state index contributed by atoms with van der Waals surface area (Å²) in [7, 11) is 0. The molecule has 0 unspecified atom stereocenters. The number of hydrogen-bond acceptors (Lipinski definition) is 6. The van der Waals surface area contributed by atoms with E-state index in [1.54, 1.807) is 24.3 Å². The van der Waals surface area contributed by atoms with Gasteiger partial charge in [0.25, 0.3) is 11.8 Å². The zero-order chi connectivity index (χ0) is 25.1. The van der Waals surface area contributed by atoms with E-state index in [1.165, 1.54) is 0 Å². The molecule has 0 aromatic heterocycles. The second-order valence-corrected chi connectivity index (χ2v) is 8.74. The molecule has 0 aliphatic carbocycles. The van der Waals surface area contributed by atoms with Crippen LogP contribution in [0, 0.1) is 0 Å². The number of rotatable bonds is 6. The molecule has 186 valence electrons. The summed E-state index contributed by atoms with van der Waals surface area (Å²) < 4.78 is 22.4. The third-order valence-electron chi connectivity index (χ3n) is 6.24. The average molecular weight is 489 g/mol. The third kappa shape index (κ3) is 4.93. The van der Waals surface area contributed by atoms with Gasteiger partial charge in [0, 0.05) is 0 Å². The number of fused-ring (bicyclic) bond motifs is 2. The molecule has 0 saturated carbocycles. The maximum Gasteiger partial charge on any atom is 0.252 e. The van der Waals surface area contributed by atoms with Crippen molar-refractivity contribution < 1.29 is 28.5 Å². The smallest absolute Gasteiger partial charge is 0.252 e. The second-order valence-electron chi connectivity index (χ2n) is 8.74. The molecular formula is C28H28N2O6. The minimum Gasteiger partial charge on any atom is -0.486 e. The predicted octanol–water partition coefficient (Wildman–Crippen LogP) is 4.21. The zero-order valence-corrected chi connectivity index (χ0v) is 20.2. The van der Waals surface area contributed by atoms with Crippen molar-refractivity contribution in [2.75, 3.05) is 26.4 Å². The SMILES string of the molecule is C[C@H](NC(=O)c1ccccc1C(=O)N[C@@H](C)c1ccc2c(c1)OCCO2)c1ccc2c(c1)OCCO2. The first kappa shape index (κ1) is 23.5. The molecule has 8 nitrogen and oxygen atoms in total. The lowest BCUT2D eigenvalue weighted by molar-refractivity contribution is 0.0905. The van der Waals surface area contributed by atoms with Crippen LogP contribution in [0.1, 0.15) is 57.8 Å². The molecule has 3 aromatic carbocycles. The highest BCUT2D eigenvalue weighted by molar-refractivity contribution is 6.07. The molecule has 0 spiro atoms. The van der Waals surface area contributed by atoms with Crippen molar-refractivity contribution in [1.82, 2.24) is 10.6 Å². The average Bonchev–Trinajstić information content (AvgIpc) is 2.92. The summed E-state index contributed by atoms with van der Waals surface area (Å²) in [5, 5.41) is 5.98. The highest BCUT2D eigenvalue weighted by Gasteiger charge is 2.22. The molecule has 2 N–H and O–H groups in total. The fourth-order valence-electron chi connectivity index (χ4n) is 4.25. The monoisotopic (exact) mass is 488 g/mol. The van der Waals surface area contributed by atoms with E-state index in [0.717, 1.165) is 11.1 Å². The summed E-state index contributed by atoms with van der Waals surface area (Å²) in [4.78, 5) is 26.4. The topological polar surface area (TPSA) is 95.1 Å². The first-order chi connectivity index (χ1) is 17.5. The van der Waals surface area contributed by atoms with E-state index in [1.807, 2.05) is 50.2 Å². The largest absolute Gasteiger partial charge is 0.486 e. The summed E-state index contributed by atoms with van der Waals surface area (Å²) in [6, 6.07) is 17.4. The Morgan fingerprint density at radius 3 is 1.42 bits per heavy atom. The molecule has 2 atom stereocenters. The van der Waals surface area contributed by atoms with Gasteiger partial charge < -0.3 is 29.6 Å². The van der Waals surface area contributed by atoms with Gasteiger partial charge in [-0.15, -0.1) is 0 Å². The fraction of sp³-hybridized carbons (Fsp3) is 0.286. The number of amides is 2. The number of nitrogens with one attached hydrogen (secondary N) is 2. The van der Waals surface area contributed by atoms with Gasteiger partial charge in [-0.1, -0.05) is 24.3 Å². The first-order valence-electron chi connectivity index (χ1n) is 12.0. The van der Waals surface area contributed by atoms with Gasteiger partial charge >= 0.3 is 0 Å². The maximum absolute atomic E-state index is 13.2.